The number of nitro groups is 2. The van der Waals surface area contributed by atoms with Gasteiger partial charge in [0.05, 0.1) is 17.0 Å². The van der Waals surface area contributed by atoms with E-state index in [9.17, 15) is 29.8 Å². The van der Waals surface area contributed by atoms with Crippen molar-refractivity contribution in [3.05, 3.63) is 74.3 Å². The first-order chi connectivity index (χ1) is 13.3. The smallest absolute Gasteiger partial charge is 0.318 e. The van der Waals surface area contributed by atoms with Gasteiger partial charge in [0.15, 0.2) is 0 Å². The minimum Gasteiger partial charge on any atom is -0.468 e. The number of nitro benzene ring substituents is 2. The fourth-order valence-electron chi connectivity index (χ4n) is 3.25. The molecule has 3 rings (SSSR count). The minimum atomic E-state index is -1.11. The van der Waals surface area contributed by atoms with Gasteiger partial charge >= 0.3 is 5.97 Å². The van der Waals surface area contributed by atoms with E-state index in [2.05, 4.69) is 0 Å². The molecule has 0 saturated carbocycles. The Morgan fingerprint density at radius 2 is 1.50 bits per heavy atom. The molecule has 1 aliphatic heterocycles. The van der Waals surface area contributed by atoms with Crippen molar-refractivity contribution in [3.63, 3.8) is 0 Å². The standard InChI is InChI=1S/C18H15N3O7/c1-28-18(23)16-15(11-2-4-13(5-3-11)20(24)25)10-19(17(16)22)12-6-8-14(9-7-12)21(26)27/h2-9,15-16H,10H2,1H3/t15-,16-/m0/s1. The zero-order valence-corrected chi connectivity index (χ0v) is 14.7. The van der Waals surface area contributed by atoms with E-state index in [-0.39, 0.29) is 17.9 Å². The van der Waals surface area contributed by atoms with Gasteiger partial charge in [-0.1, -0.05) is 12.1 Å². The van der Waals surface area contributed by atoms with Crippen LogP contribution >= 0.6 is 0 Å². The summed E-state index contributed by atoms with van der Waals surface area (Å²) in [5, 5.41) is 21.6. The van der Waals surface area contributed by atoms with Crippen LogP contribution in [0.5, 0.6) is 0 Å². The molecule has 1 heterocycles. The van der Waals surface area contributed by atoms with Gasteiger partial charge in [-0.05, 0) is 17.7 Å². The quantitative estimate of drug-likeness (QED) is 0.334. The minimum absolute atomic E-state index is 0.102. The summed E-state index contributed by atoms with van der Waals surface area (Å²) in [6.07, 6.45) is 0. The van der Waals surface area contributed by atoms with E-state index in [1.165, 1.54) is 60.5 Å². The second kappa shape index (κ2) is 7.43. The van der Waals surface area contributed by atoms with Crippen LogP contribution in [0.1, 0.15) is 11.5 Å². The van der Waals surface area contributed by atoms with E-state index in [0.717, 1.165) is 0 Å². The molecule has 0 N–H and O–H groups in total. The zero-order valence-electron chi connectivity index (χ0n) is 14.7. The van der Waals surface area contributed by atoms with Crippen LogP contribution in [0.15, 0.2) is 48.5 Å². The van der Waals surface area contributed by atoms with Crippen LogP contribution in [0.3, 0.4) is 0 Å². The number of ether oxygens (including phenoxy) is 1. The molecule has 10 nitrogen and oxygen atoms in total. The van der Waals surface area contributed by atoms with Crippen molar-refractivity contribution in [3.8, 4) is 0 Å². The van der Waals surface area contributed by atoms with Crippen LogP contribution in [0.2, 0.25) is 0 Å². The van der Waals surface area contributed by atoms with Gasteiger partial charge in [-0.3, -0.25) is 29.8 Å². The van der Waals surface area contributed by atoms with Gasteiger partial charge in [0, 0.05) is 42.4 Å². The highest BCUT2D eigenvalue weighted by atomic mass is 16.6. The summed E-state index contributed by atoms with van der Waals surface area (Å²) in [5.41, 5.74) is 0.773. The maximum Gasteiger partial charge on any atom is 0.318 e. The van der Waals surface area contributed by atoms with Crippen molar-refractivity contribution in [1.82, 2.24) is 0 Å². The molecular formula is C18H15N3O7. The number of carbonyl (C=O) groups is 2. The largest absolute Gasteiger partial charge is 0.468 e. The Kier molecular flexibility index (Phi) is 5.03. The molecule has 1 amide bonds. The number of amides is 1. The molecular weight excluding hydrogens is 370 g/mol. The molecule has 28 heavy (non-hydrogen) atoms. The van der Waals surface area contributed by atoms with E-state index < -0.39 is 33.6 Å². The first-order valence-electron chi connectivity index (χ1n) is 8.21. The fourth-order valence-corrected chi connectivity index (χ4v) is 3.25. The maximum atomic E-state index is 12.9. The van der Waals surface area contributed by atoms with Gasteiger partial charge in [0.1, 0.15) is 5.92 Å². The van der Waals surface area contributed by atoms with Gasteiger partial charge in [0.25, 0.3) is 11.4 Å². The van der Waals surface area contributed by atoms with Crippen LogP contribution in [-0.4, -0.2) is 35.4 Å². The van der Waals surface area contributed by atoms with Crippen molar-refractivity contribution in [2.75, 3.05) is 18.6 Å². The fraction of sp³-hybridized carbons (Fsp3) is 0.222. The van der Waals surface area contributed by atoms with Crippen LogP contribution in [0.25, 0.3) is 0 Å². The molecule has 2 atom stereocenters. The molecule has 10 heteroatoms. The molecule has 2 aromatic rings. The molecule has 0 bridgehead atoms. The van der Waals surface area contributed by atoms with Crippen molar-refractivity contribution in [2.45, 2.75) is 5.92 Å². The van der Waals surface area contributed by atoms with E-state index in [1.807, 2.05) is 0 Å². The molecule has 144 valence electrons. The van der Waals surface area contributed by atoms with E-state index >= 15 is 0 Å². The lowest BCUT2D eigenvalue weighted by Gasteiger charge is -2.16. The van der Waals surface area contributed by atoms with Crippen molar-refractivity contribution in [1.29, 1.82) is 0 Å². The number of hydrogen-bond donors (Lipinski definition) is 0. The molecule has 2 aromatic carbocycles. The van der Waals surface area contributed by atoms with Crippen molar-refractivity contribution in [2.24, 2.45) is 5.92 Å². The monoisotopic (exact) mass is 385 g/mol. The summed E-state index contributed by atoms with van der Waals surface area (Å²) in [6, 6.07) is 11.0. The lowest BCUT2D eigenvalue weighted by atomic mass is 9.88. The van der Waals surface area contributed by atoms with Crippen LogP contribution in [0.4, 0.5) is 17.1 Å². The Morgan fingerprint density at radius 3 is 1.96 bits per heavy atom. The highest BCUT2D eigenvalue weighted by molar-refractivity contribution is 6.09. The summed E-state index contributed by atoms with van der Waals surface area (Å²) in [7, 11) is 1.18. The summed E-state index contributed by atoms with van der Waals surface area (Å²) < 4.78 is 4.77. The highest BCUT2D eigenvalue weighted by Crippen LogP contribution is 2.38. The van der Waals surface area contributed by atoms with Crippen molar-refractivity contribution >= 4 is 28.9 Å². The van der Waals surface area contributed by atoms with Crippen LogP contribution < -0.4 is 4.90 Å². The zero-order chi connectivity index (χ0) is 20.4. The number of esters is 1. The van der Waals surface area contributed by atoms with E-state index in [0.29, 0.717) is 11.3 Å². The Balaban J connectivity index is 1.95. The lowest BCUT2D eigenvalue weighted by molar-refractivity contribution is -0.385. The van der Waals surface area contributed by atoms with Crippen LogP contribution in [0, 0.1) is 26.1 Å². The average molecular weight is 385 g/mol. The Hall–Kier alpha value is -3.82. The molecule has 1 fully saturated rings. The third-order valence-electron chi connectivity index (χ3n) is 4.67. The number of non-ortho nitro benzene ring substituents is 2. The summed E-state index contributed by atoms with van der Waals surface area (Å²) >= 11 is 0. The summed E-state index contributed by atoms with van der Waals surface area (Å²) in [6.45, 7) is 0.133. The molecule has 0 radical (unpaired) electrons. The number of benzene rings is 2. The predicted molar refractivity (Wildman–Crippen MR) is 96.8 cm³/mol. The second-order valence-electron chi connectivity index (χ2n) is 6.18. The normalized spacial score (nSPS) is 18.8. The van der Waals surface area contributed by atoms with Crippen molar-refractivity contribution < 1.29 is 24.2 Å². The third-order valence-corrected chi connectivity index (χ3v) is 4.67. The highest BCUT2D eigenvalue weighted by Gasteiger charge is 2.47. The average Bonchev–Trinajstić information content (AvgIpc) is 3.04. The summed E-state index contributed by atoms with van der Waals surface area (Å²) in [5.74, 6) is -2.89. The second-order valence-corrected chi connectivity index (χ2v) is 6.18. The Bertz CT molecular complexity index is 941. The number of hydrogen-bond acceptors (Lipinski definition) is 7. The topological polar surface area (TPSA) is 133 Å². The number of nitrogens with zero attached hydrogens (tertiary/aromatic N) is 3. The molecule has 0 unspecified atom stereocenters. The summed E-state index contributed by atoms with van der Waals surface area (Å²) in [4.78, 5) is 47.0. The van der Waals surface area contributed by atoms with E-state index in [1.54, 1.807) is 0 Å². The lowest BCUT2D eigenvalue weighted by Crippen LogP contribution is -2.31. The first-order valence-corrected chi connectivity index (χ1v) is 8.21. The van der Waals surface area contributed by atoms with Gasteiger partial charge in [0.2, 0.25) is 5.91 Å². The molecule has 1 saturated heterocycles. The van der Waals surface area contributed by atoms with E-state index in [4.69, 9.17) is 4.74 Å². The van der Waals surface area contributed by atoms with Gasteiger partial charge in [-0.25, -0.2) is 0 Å². The number of rotatable bonds is 5. The number of methoxy groups -OCH3 is 1. The molecule has 0 aromatic heterocycles. The SMILES string of the molecule is COC(=O)[C@@H]1C(=O)N(c2ccc([N+](=O)[O-])cc2)C[C@H]1c1ccc([N+](=O)[O-])cc1. The van der Waals surface area contributed by atoms with Gasteiger partial charge < -0.3 is 9.64 Å². The number of carbonyl (C=O) groups excluding carboxylic acids is 2. The number of anilines is 1. The Labute approximate surface area is 158 Å². The third kappa shape index (κ3) is 3.39. The first kappa shape index (κ1) is 19.0. The predicted octanol–water partition coefficient (Wildman–Crippen LogP) is 2.42. The molecule has 1 aliphatic rings. The molecule has 0 spiro atoms. The Morgan fingerprint density at radius 1 is 1.00 bits per heavy atom. The van der Waals surface area contributed by atoms with Gasteiger partial charge in [-0.2, -0.15) is 0 Å². The van der Waals surface area contributed by atoms with Gasteiger partial charge in [-0.15, -0.1) is 0 Å². The maximum absolute atomic E-state index is 12.9. The van der Waals surface area contributed by atoms with Crippen LogP contribution in [-0.2, 0) is 14.3 Å². The molecule has 0 aliphatic carbocycles.